The van der Waals surface area contributed by atoms with E-state index >= 15 is 0 Å². The van der Waals surface area contributed by atoms with Crippen LogP contribution in [0.1, 0.15) is 11.3 Å². The van der Waals surface area contributed by atoms with Crippen molar-refractivity contribution >= 4 is 10.0 Å². The molecule has 1 aromatic heterocycles. The molecule has 0 amide bonds. The number of aliphatic hydroxyl groups is 1. The minimum atomic E-state index is -3.69. The van der Waals surface area contributed by atoms with Gasteiger partial charge in [0.05, 0.1) is 24.8 Å². The van der Waals surface area contributed by atoms with E-state index in [-0.39, 0.29) is 24.5 Å². The number of furan rings is 1. The molecule has 7 heteroatoms. The third kappa shape index (κ3) is 3.84. The number of hydrogen-bond donors (Lipinski definition) is 2. The van der Waals surface area contributed by atoms with Crippen LogP contribution in [0.3, 0.4) is 0 Å². The molecule has 21 heavy (non-hydrogen) atoms. The lowest BCUT2D eigenvalue weighted by atomic mass is 10.1. The summed E-state index contributed by atoms with van der Waals surface area (Å²) in [6.07, 6.45) is 1.71. The van der Waals surface area contributed by atoms with E-state index < -0.39 is 10.0 Å². The standard InChI is InChI=1S/C14H17NO5S/c1-19-12-4-5-14(11(9-12)6-7-16)21(17,18)15-10-13-3-2-8-20-13/h2-5,8-9,15-16H,6-7,10H2,1H3. The second kappa shape index (κ2) is 6.75. The monoisotopic (exact) mass is 311 g/mol. The summed E-state index contributed by atoms with van der Waals surface area (Å²) in [7, 11) is -2.19. The van der Waals surface area contributed by atoms with E-state index in [2.05, 4.69) is 4.72 Å². The van der Waals surface area contributed by atoms with E-state index in [9.17, 15) is 8.42 Å². The van der Waals surface area contributed by atoms with Crippen molar-refractivity contribution in [1.82, 2.24) is 4.72 Å². The topological polar surface area (TPSA) is 88.8 Å². The molecule has 2 N–H and O–H groups in total. The lowest BCUT2D eigenvalue weighted by Gasteiger charge is -2.12. The third-order valence-corrected chi connectivity index (χ3v) is 4.46. The maximum Gasteiger partial charge on any atom is 0.241 e. The molecule has 114 valence electrons. The normalized spacial score (nSPS) is 11.5. The molecule has 0 spiro atoms. The highest BCUT2D eigenvalue weighted by Crippen LogP contribution is 2.22. The van der Waals surface area contributed by atoms with Crippen molar-refractivity contribution in [2.24, 2.45) is 0 Å². The zero-order valence-corrected chi connectivity index (χ0v) is 12.4. The Morgan fingerprint density at radius 3 is 2.76 bits per heavy atom. The van der Waals surface area contributed by atoms with Crippen molar-refractivity contribution in [3.8, 4) is 5.75 Å². The SMILES string of the molecule is COc1ccc(S(=O)(=O)NCc2ccco2)c(CCO)c1. The first-order valence-electron chi connectivity index (χ1n) is 6.36. The number of methoxy groups -OCH3 is 1. The van der Waals surface area contributed by atoms with Gasteiger partial charge in [-0.15, -0.1) is 0 Å². The first kappa shape index (κ1) is 15.6. The van der Waals surface area contributed by atoms with Crippen molar-refractivity contribution in [1.29, 1.82) is 0 Å². The van der Waals surface area contributed by atoms with Gasteiger partial charge in [-0.2, -0.15) is 0 Å². The Bertz CT molecular complexity index is 679. The summed E-state index contributed by atoms with van der Waals surface area (Å²) in [5.74, 6) is 1.07. The Morgan fingerprint density at radius 1 is 1.33 bits per heavy atom. The third-order valence-electron chi connectivity index (χ3n) is 2.95. The average molecular weight is 311 g/mol. The summed E-state index contributed by atoms with van der Waals surface area (Å²) >= 11 is 0. The van der Waals surface area contributed by atoms with Gasteiger partial charge >= 0.3 is 0 Å². The van der Waals surface area contributed by atoms with Crippen molar-refractivity contribution in [3.63, 3.8) is 0 Å². The maximum atomic E-state index is 12.3. The van der Waals surface area contributed by atoms with E-state index in [0.717, 1.165) is 0 Å². The fourth-order valence-electron chi connectivity index (χ4n) is 1.92. The van der Waals surface area contributed by atoms with Crippen LogP contribution in [-0.4, -0.2) is 27.2 Å². The lowest BCUT2D eigenvalue weighted by molar-refractivity contribution is 0.298. The lowest BCUT2D eigenvalue weighted by Crippen LogP contribution is -2.24. The first-order valence-corrected chi connectivity index (χ1v) is 7.85. The number of sulfonamides is 1. The Hall–Kier alpha value is -1.83. The molecule has 0 atom stereocenters. The minimum Gasteiger partial charge on any atom is -0.497 e. The summed E-state index contributed by atoms with van der Waals surface area (Å²) in [6.45, 7) is -0.0756. The highest BCUT2D eigenvalue weighted by molar-refractivity contribution is 7.89. The Balaban J connectivity index is 2.25. The maximum absolute atomic E-state index is 12.3. The Morgan fingerprint density at radius 2 is 2.14 bits per heavy atom. The molecular weight excluding hydrogens is 294 g/mol. The second-order valence-corrected chi connectivity index (χ2v) is 6.09. The molecule has 6 nitrogen and oxygen atoms in total. The van der Waals surface area contributed by atoms with Crippen LogP contribution in [0.25, 0.3) is 0 Å². The second-order valence-electron chi connectivity index (χ2n) is 4.35. The number of aliphatic hydroxyl groups excluding tert-OH is 1. The molecule has 0 unspecified atom stereocenters. The van der Waals surface area contributed by atoms with E-state index in [1.165, 1.54) is 19.4 Å². The summed E-state index contributed by atoms with van der Waals surface area (Å²) in [4.78, 5) is 0.129. The summed E-state index contributed by atoms with van der Waals surface area (Å²) < 4.78 is 37.3. The summed E-state index contributed by atoms with van der Waals surface area (Å²) in [6, 6.07) is 8.02. The molecule has 1 aromatic carbocycles. The number of hydrogen-bond acceptors (Lipinski definition) is 5. The molecule has 0 fully saturated rings. The highest BCUT2D eigenvalue weighted by atomic mass is 32.2. The van der Waals surface area contributed by atoms with Gasteiger partial charge in [-0.3, -0.25) is 0 Å². The van der Waals surface area contributed by atoms with Crippen LogP contribution in [0.5, 0.6) is 5.75 Å². The first-order chi connectivity index (χ1) is 10.1. The molecule has 0 aliphatic carbocycles. The van der Waals surface area contributed by atoms with Crippen LogP contribution in [-0.2, 0) is 23.0 Å². The number of benzene rings is 1. The summed E-state index contributed by atoms with van der Waals surface area (Å²) in [5, 5.41) is 9.08. The van der Waals surface area contributed by atoms with Gasteiger partial charge in [0.25, 0.3) is 0 Å². The predicted octanol–water partition coefficient (Wildman–Crippen LogP) is 1.30. The van der Waals surface area contributed by atoms with Crippen LogP contribution in [0.2, 0.25) is 0 Å². The van der Waals surface area contributed by atoms with Gasteiger partial charge in [-0.1, -0.05) is 0 Å². The van der Waals surface area contributed by atoms with Crippen molar-refractivity contribution < 1.29 is 22.7 Å². The van der Waals surface area contributed by atoms with Gasteiger partial charge in [-0.05, 0) is 42.3 Å². The van der Waals surface area contributed by atoms with Crippen LogP contribution in [0.4, 0.5) is 0 Å². The molecule has 1 heterocycles. The van der Waals surface area contributed by atoms with Gasteiger partial charge in [0.15, 0.2) is 0 Å². The fourth-order valence-corrected chi connectivity index (χ4v) is 3.16. The van der Waals surface area contributed by atoms with Gasteiger partial charge in [0, 0.05) is 6.61 Å². The molecule has 0 aliphatic heterocycles. The van der Waals surface area contributed by atoms with Crippen molar-refractivity contribution in [3.05, 3.63) is 47.9 Å². The fraction of sp³-hybridized carbons (Fsp3) is 0.286. The minimum absolute atomic E-state index is 0.0694. The number of nitrogens with one attached hydrogen (secondary N) is 1. The van der Waals surface area contributed by atoms with Crippen LogP contribution < -0.4 is 9.46 Å². The summed E-state index contributed by atoms with van der Waals surface area (Å²) in [5.41, 5.74) is 0.504. The predicted molar refractivity (Wildman–Crippen MR) is 76.5 cm³/mol. The van der Waals surface area contributed by atoms with E-state index in [1.54, 1.807) is 24.3 Å². The Kier molecular flexibility index (Phi) is 5.00. The molecule has 0 saturated carbocycles. The van der Waals surface area contributed by atoms with E-state index in [0.29, 0.717) is 17.1 Å². The van der Waals surface area contributed by atoms with Gasteiger partial charge in [0.2, 0.25) is 10.0 Å². The van der Waals surface area contributed by atoms with Gasteiger partial charge in [0.1, 0.15) is 11.5 Å². The van der Waals surface area contributed by atoms with Crippen molar-refractivity contribution in [2.75, 3.05) is 13.7 Å². The van der Waals surface area contributed by atoms with E-state index in [4.69, 9.17) is 14.3 Å². The molecule has 0 saturated heterocycles. The molecule has 0 aliphatic rings. The van der Waals surface area contributed by atoms with E-state index in [1.807, 2.05) is 0 Å². The zero-order valence-electron chi connectivity index (χ0n) is 11.6. The smallest absolute Gasteiger partial charge is 0.241 e. The molecule has 2 aromatic rings. The highest BCUT2D eigenvalue weighted by Gasteiger charge is 2.19. The molecular formula is C14H17NO5S. The average Bonchev–Trinajstić information content (AvgIpc) is 2.99. The zero-order chi connectivity index (χ0) is 15.3. The van der Waals surface area contributed by atoms with Gasteiger partial charge in [-0.25, -0.2) is 13.1 Å². The largest absolute Gasteiger partial charge is 0.497 e. The Labute approximate surface area is 123 Å². The number of rotatable bonds is 7. The molecule has 0 radical (unpaired) electrons. The molecule has 0 bridgehead atoms. The van der Waals surface area contributed by atoms with Crippen LogP contribution in [0.15, 0.2) is 45.9 Å². The van der Waals surface area contributed by atoms with Crippen LogP contribution >= 0.6 is 0 Å². The molecule has 2 rings (SSSR count). The van der Waals surface area contributed by atoms with Crippen LogP contribution in [0, 0.1) is 0 Å². The van der Waals surface area contributed by atoms with Crippen molar-refractivity contribution in [2.45, 2.75) is 17.9 Å². The van der Waals surface area contributed by atoms with Gasteiger partial charge < -0.3 is 14.3 Å². The quantitative estimate of drug-likeness (QED) is 0.804. The number of ether oxygens (including phenoxy) is 1.